The van der Waals surface area contributed by atoms with E-state index in [1.807, 2.05) is 19.2 Å². The third-order valence-corrected chi connectivity index (χ3v) is 5.12. The Morgan fingerprint density at radius 3 is 2.63 bits per heavy atom. The molecule has 1 N–H and O–H groups in total. The van der Waals surface area contributed by atoms with E-state index >= 15 is 0 Å². The zero-order chi connectivity index (χ0) is 18.9. The molecule has 1 aliphatic rings. The Balaban J connectivity index is 0.00000364. The largest absolute Gasteiger partial charge is 0.493 e. The second-order valence-electron chi connectivity index (χ2n) is 6.84. The van der Waals surface area contributed by atoms with E-state index in [2.05, 4.69) is 40.1 Å². The third-order valence-electron chi connectivity index (χ3n) is 5.12. The Morgan fingerprint density at radius 1 is 1.30 bits per heavy atom. The van der Waals surface area contributed by atoms with Gasteiger partial charge in [-0.3, -0.25) is 4.99 Å². The Labute approximate surface area is 181 Å². The van der Waals surface area contributed by atoms with Gasteiger partial charge in [-0.25, -0.2) is 0 Å². The maximum absolute atomic E-state index is 5.39. The molecule has 1 atom stereocenters. The lowest BCUT2D eigenvalue weighted by atomic mass is 10.1. The number of likely N-dealkylation sites (N-methyl/N-ethyl adjacent to an activating group) is 1. The molecular formula is C20H35IN4O2. The van der Waals surface area contributed by atoms with Gasteiger partial charge in [-0.05, 0) is 49.5 Å². The molecule has 0 radical (unpaired) electrons. The van der Waals surface area contributed by atoms with Crippen LogP contribution in [0, 0.1) is 5.92 Å². The van der Waals surface area contributed by atoms with Crippen LogP contribution in [-0.4, -0.2) is 76.8 Å². The average Bonchev–Trinajstić information content (AvgIpc) is 3.14. The fourth-order valence-corrected chi connectivity index (χ4v) is 3.43. The minimum absolute atomic E-state index is 0. The summed E-state index contributed by atoms with van der Waals surface area (Å²) in [4.78, 5) is 9.13. The lowest BCUT2D eigenvalue weighted by Gasteiger charge is -2.23. The quantitative estimate of drug-likeness (QED) is 0.345. The molecule has 27 heavy (non-hydrogen) atoms. The molecule has 1 aliphatic heterocycles. The molecule has 1 heterocycles. The van der Waals surface area contributed by atoms with Gasteiger partial charge in [-0.2, -0.15) is 0 Å². The van der Waals surface area contributed by atoms with Crippen LogP contribution in [0.15, 0.2) is 23.2 Å². The van der Waals surface area contributed by atoms with Gasteiger partial charge in [0.25, 0.3) is 0 Å². The second kappa shape index (κ2) is 12.3. The molecular weight excluding hydrogens is 455 g/mol. The van der Waals surface area contributed by atoms with Gasteiger partial charge in [0.05, 0.1) is 14.2 Å². The topological polar surface area (TPSA) is 49.3 Å². The summed E-state index contributed by atoms with van der Waals surface area (Å²) in [6.45, 7) is 7.67. The number of nitrogens with zero attached hydrogens (tertiary/aromatic N) is 3. The summed E-state index contributed by atoms with van der Waals surface area (Å²) < 4.78 is 10.7. The van der Waals surface area contributed by atoms with Crippen LogP contribution in [0.2, 0.25) is 0 Å². The number of rotatable bonds is 8. The fourth-order valence-electron chi connectivity index (χ4n) is 3.43. The Hall–Kier alpha value is -1.22. The number of ether oxygens (including phenoxy) is 2. The van der Waals surface area contributed by atoms with Crippen molar-refractivity contribution in [1.82, 2.24) is 15.1 Å². The molecule has 1 unspecified atom stereocenters. The SMILES string of the molecule is CCN1CCC(CNC(=NC)N(C)CCc2ccc(OC)c(OC)c2)C1.I. The highest BCUT2D eigenvalue weighted by Crippen LogP contribution is 2.27. The van der Waals surface area contributed by atoms with Crippen molar-refractivity contribution in [3.05, 3.63) is 23.8 Å². The number of likely N-dealkylation sites (tertiary alicyclic amines) is 1. The predicted octanol–water partition coefficient (Wildman–Crippen LogP) is 2.71. The maximum atomic E-state index is 5.39. The van der Waals surface area contributed by atoms with Crippen molar-refractivity contribution in [2.24, 2.45) is 10.9 Å². The highest BCUT2D eigenvalue weighted by Gasteiger charge is 2.21. The van der Waals surface area contributed by atoms with Crippen LogP contribution in [0.1, 0.15) is 18.9 Å². The van der Waals surface area contributed by atoms with Gasteiger partial charge in [0.1, 0.15) is 0 Å². The van der Waals surface area contributed by atoms with E-state index in [-0.39, 0.29) is 24.0 Å². The van der Waals surface area contributed by atoms with Crippen molar-refractivity contribution in [3.63, 3.8) is 0 Å². The molecule has 0 bridgehead atoms. The van der Waals surface area contributed by atoms with Crippen molar-refractivity contribution in [3.8, 4) is 11.5 Å². The minimum atomic E-state index is 0. The molecule has 0 aromatic heterocycles. The first kappa shape index (κ1) is 23.8. The van der Waals surface area contributed by atoms with Crippen LogP contribution < -0.4 is 14.8 Å². The summed E-state index contributed by atoms with van der Waals surface area (Å²) in [6.07, 6.45) is 2.19. The van der Waals surface area contributed by atoms with Gasteiger partial charge in [0.2, 0.25) is 0 Å². The number of benzene rings is 1. The number of aliphatic imine (C=N–C) groups is 1. The van der Waals surface area contributed by atoms with E-state index in [0.717, 1.165) is 43.5 Å². The van der Waals surface area contributed by atoms with Crippen LogP contribution in [0.25, 0.3) is 0 Å². The lowest BCUT2D eigenvalue weighted by Crippen LogP contribution is -2.42. The number of nitrogens with one attached hydrogen (secondary N) is 1. The number of guanidine groups is 1. The van der Waals surface area contributed by atoms with E-state index in [4.69, 9.17) is 9.47 Å². The van der Waals surface area contributed by atoms with Crippen LogP contribution in [0.3, 0.4) is 0 Å². The van der Waals surface area contributed by atoms with Crippen molar-refractivity contribution in [2.75, 3.05) is 61.0 Å². The van der Waals surface area contributed by atoms with Crippen molar-refractivity contribution in [1.29, 1.82) is 0 Å². The van der Waals surface area contributed by atoms with Crippen molar-refractivity contribution < 1.29 is 9.47 Å². The third kappa shape index (κ3) is 7.03. The molecule has 154 valence electrons. The number of halogens is 1. The monoisotopic (exact) mass is 490 g/mol. The van der Waals surface area contributed by atoms with Crippen LogP contribution >= 0.6 is 24.0 Å². The molecule has 0 saturated carbocycles. The molecule has 6 nitrogen and oxygen atoms in total. The fraction of sp³-hybridized carbons (Fsp3) is 0.650. The smallest absolute Gasteiger partial charge is 0.193 e. The number of hydrogen-bond acceptors (Lipinski definition) is 4. The Kier molecular flexibility index (Phi) is 10.8. The minimum Gasteiger partial charge on any atom is -0.493 e. The van der Waals surface area contributed by atoms with Crippen molar-refractivity contribution in [2.45, 2.75) is 19.8 Å². The summed E-state index contributed by atoms with van der Waals surface area (Å²) in [6, 6.07) is 6.09. The van der Waals surface area contributed by atoms with Crippen molar-refractivity contribution >= 4 is 29.9 Å². The van der Waals surface area contributed by atoms with E-state index in [1.165, 1.54) is 25.1 Å². The summed E-state index contributed by atoms with van der Waals surface area (Å²) in [5.41, 5.74) is 1.22. The van der Waals surface area contributed by atoms with Gasteiger partial charge in [-0.1, -0.05) is 13.0 Å². The standard InChI is InChI=1S/C20H34N4O2.HI/c1-6-24-12-10-17(15-24)14-22-20(21-2)23(3)11-9-16-7-8-18(25-4)19(13-16)26-5;/h7-8,13,17H,6,9-12,14-15H2,1-5H3,(H,21,22);1H. The Bertz CT molecular complexity index is 597. The maximum Gasteiger partial charge on any atom is 0.193 e. The zero-order valence-electron chi connectivity index (χ0n) is 17.3. The molecule has 1 saturated heterocycles. The molecule has 1 aromatic carbocycles. The van der Waals surface area contributed by atoms with Crippen LogP contribution in [-0.2, 0) is 6.42 Å². The molecule has 1 fully saturated rings. The first-order valence-electron chi connectivity index (χ1n) is 9.46. The highest BCUT2D eigenvalue weighted by molar-refractivity contribution is 14.0. The predicted molar refractivity (Wildman–Crippen MR) is 123 cm³/mol. The lowest BCUT2D eigenvalue weighted by molar-refractivity contribution is 0.341. The first-order chi connectivity index (χ1) is 12.6. The normalized spacial score (nSPS) is 17.4. The molecule has 2 rings (SSSR count). The number of methoxy groups -OCH3 is 2. The highest BCUT2D eigenvalue weighted by atomic mass is 127. The molecule has 0 spiro atoms. The summed E-state index contributed by atoms with van der Waals surface area (Å²) >= 11 is 0. The molecule has 0 aliphatic carbocycles. The van der Waals surface area contributed by atoms with Gasteiger partial charge < -0.3 is 24.6 Å². The van der Waals surface area contributed by atoms with Gasteiger partial charge >= 0.3 is 0 Å². The van der Waals surface area contributed by atoms with Crippen LogP contribution in [0.4, 0.5) is 0 Å². The number of hydrogen-bond donors (Lipinski definition) is 1. The summed E-state index contributed by atoms with van der Waals surface area (Å²) in [5, 5.41) is 3.54. The van der Waals surface area contributed by atoms with E-state index < -0.39 is 0 Å². The van der Waals surface area contributed by atoms with E-state index in [0.29, 0.717) is 5.92 Å². The average molecular weight is 490 g/mol. The molecule has 0 amide bonds. The van der Waals surface area contributed by atoms with E-state index in [1.54, 1.807) is 14.2 Å². The van der Waals surface area contributed by atoms with E-state index in [9.17, 15) is 0 Å². The molecule has 7 heteroatoms. The van der Waals surface area contributed by atoms with Gasteiger partial charge in [0.15, 0.2) is 17.5 Å². The van der Waals surface area contributed by atoms with Crippen LogP contribution in [0.5, 0.6) is 11.5 Å². The first-order valence-corrected chi connectivity index (χ1v) is 9.46. The van der Waals surface area contributed by atoms with Gasteiger partial charge in [0, 0.05) is 33.7 Å². The zero-order valence-corrected chi connectivity index (χ0v) is 19.7. The second-order valence-corrected chi connectivity index (χ2v) is 6.84. The molecule has 1 aromatic rings. The van der Waals surface area contributed by atoms with Gasteiger partial charge in [-0.15, -0.1) is 24.0 Å². The summed E-state index contributed by atoms with van der Waals surface area (Å²) in [7, 11) is 7.26. The summed E-state index contributed by atoms with van der Waals surface area (Å²) in [5.74, 6) is 3.21. The Morgan fingerprint density at radius 2 is 2.04 bits per heavy atom.